The number of aromatic nitrogens is 3. The number of hydrogen-bond acceptors (Lipinski definition) is 4. The molecule has 2 aromatic heterocycles. The molecule has 0 saturated carbocycles. The zero-order valence-electron chi connectivity index (χ0n) is 10.0. The van der Waals surface area contributed by atoms with Crippen molar-refractivity contribution in [3.05, 3.63) is 30.0 Å². The van der Waals surface area contributed by atoms with Gasteiger partial charge >= 0.3 is 0 Å². The first-order valence-corrected chi connectivity index (χ1v) is 5.46. The van der Waals surface area contributed by atoms with Gasteiger partial charge < -0.3 is 10.6 Å². The molecule has 18 heavy (non-hydrogen) atoms. The molecular formula is C11H13F2N5. The Balaban J connectivity index is 2.29. The minimum Gasteiger partial charge on any atom is -0.368 e. The van der Waals surface area contributed by atoms with Crippen LogP contribution >= 0.6 is 0 Å². The summed E-state index contributed by atoms with van der Waals surface area (Å²) in [5.41, 5.74) is 0. The number of hydrogen-bond donors (Lipinski definition) is 2. The Morgan fingerprint density at radius 3 is 2.61 bits per heavy atom. The standard InChI is InChI=1S/C11H13F2N5/c1-3-14-10-7(12)6-8(13)11(16-10)15-9-4-5-18(2)17-9/h4-6H,3H2,1-2H3,(H2,14,15,16,17). The normalized spacial score (nSPS) is 10.4. The van der Waals surface area contributed by atoms with Crippen LogP contribution in [0.25, 0.3) is 0 Å². The summed E-state index contributed by atoms with van der Waals surface area (Å²) in [6, 6.07) is 2.45. The Morgan fingerprint density at radius 1 is 1.28 bits per heavy atom. The van der Waals surface area contributed by atoms with Gasteiger partial charge in [0.25, 0.3) is 0 Å². The predicted molar refractivity (Wildman–Crippen MR) is 64.8 cm³/mol. The first-order chi connectivity index (χ1) is 8.60. The number of nitrogens with zero attached hydrogens (tertiary/aromatic N) is 3. The number of anilines is 3. The SMILES string of the molecule is CCNc1nc(Nc2ccn(C)n2)c(F)cc1F. The second-order valence-electron chi connectivity index (χ2n) is 3.68. The molecule has 0 aliphatic rings. The van der Waals surface area contributed by atoms with Gasteiger partial charge in [0.05, 0.1) is 0 Å². The Kier molecular flexibility index (Phi) is 3.40. The van der Waals surface area contributed by atoms with Crippen molar-refractivity contribution < 1.29 is 8.78 Å². The van der Waals surface area contributed by atoms with E-state index >= 15 is 0 Å². The summed E-state index contributed by atoms with van der Waals surface area (Å²) in [6.07, 6.45) is 1.70. The molecule has 2 aromatic rings. The summed E-state index contributed by atoms with van der Waals surface area (Å²) in [5.74, 6) is -1.10. The zero-order valence-corrected chi connectivity index (χ0v) is 10.0. The first kappa shape index (κ1) is 12.3. The molecule has 2 N–H and O–H groups in total. The maximum absolute atomic E-state index is 13.5. The molecule has 0 bridgehead atoms. The zero-order chi connectivity index (χ0) is 13.1. The molecule has 2 rings (SSSR count). The predicted octanol–water partition coefficient (Wildman–Crippen LogP) is 2.27. The molecule has 5 nitrogen and oxygen atoms in total. The third-order valence-electron chi connectivity index (χ3n) is 2.23. The smallest absolute Gasteiger partial charge is 0.170 e. The quantitative estimate of drug-likeness (QED) is 0.877. The van der Waals surface area contributed by atoms with Crippen LogP contribution in [0.4, 0.5) is 26.2 Å². The lowest BCUT2D eigenvalue weighted by Crippen LogP contribution is -2.06. The van der Waals surface area contributed by atoms with Gasteiger partial charge in [-0.15, -0.1) is 0 Å². The van der Waals surface area contributed by atoms with E-state index in [2.05, 4.69) is 20.7 Å². The molecule has 0 spiro atoms. The van der Waals surface area contributed by atoms with Crippen molar-refractivity contribution in [2.45, 2.75) is 6.92 Å². The van der Waals surface area contributed by atoms with Crippen LogP contribution < -0.4 is 10.6 Å². The van der Waals surface area contributed by atoms with Gasteiger partial charge in [0.2, 0.25) is 0 Å². The molecule has 0 unspecified atom stereocenters. The molecule has 0 aromatic carbocycles. The lowest BCUT2D eigenvalue weighted by molar-refractivity contribution is 0.579. The van der Waals surface area contributed by atoms with E-state index in [4.69, 9.17) is 0 Å². The van der Waals surface area contributed by atoms with Gasteiger partial charge in [0, 0.05) is 31.9 Å². The molecule has 0 aliphatic carbocycles. The molecular weight excluding hydrogens is 240 g/mol. The van der Waals surface area contributed by atoms with Gasteiger partial charge in [-0.1, -0.05) is 0 Å². The minimum atomic E-state index is -0.764. The van der Waals surface area contributed by atoms with Crippen LogP contribution in [0.2, 0.25) is 0 Å². The topological polar surface area (TPSA) is 54.8 Å². The van der Waals surface area contributed by atoms with Crippen LogP contribution in [0, 0.1) is 11.6 Å². The fraction of sp³-hybridized carbons (Fsp3) is 0.273. The van der Waals surface area contributed by atoms with E-state index < -0.39 is 11.6 Å². The first-order valence-electron chi connectivity index (χ1n) is 5.46. The van der Waals surface area contributed by atoms with Crippen molar-refractivity contribution in [3.63, 3.8) is 0 Å². The van der Waals surface area contributed by atoms with Gasteiger partial charge in [-0.2, -0.15) is 5.10 Å². The van der Waals surface area contributed by atoms with Crippen LogP contribution in [-0.2, 0) is 7.05 Å². The van der Waals surface area contributed by atoms with Gasteiger partial charge in [-0.3, -0.25) is 4.68 Å². The van der Waals surface area contributed by atoms with Crippen LogP contribution in [0.3, 0.4) is 0 Å². The van der Waals surface area contributed by atoms with Crippen molar-refractivity contribution in [1.82, 2.24) is 14.8 Å². The molecule has 2 heterocycles. The van der Waals surface area contributed by atoms with Crippen molar-refractivity contribution in [2.75, 3.05) is 17.2 Å². The third-order valence-corrected chi connectivity index (χ3v) is 2.23. The molecule has 0 radical (unpaired) electrons. The molecule has 7 heteroatoms. The second-order valence-corrected chi connectivity index (χ2v) is 3.68. The highest BCUT2D eigenvalue weighted by molar-refractivity contribution is 5.55. The average molecular weight is 253 g/mol. The van der Waals surface area contributed by atoms with E-state index in [0.717, 1.165) is 6.07 Å². The van der Waals surface area contributed by atoms with Crippen LogP contribution in [0.1, 0.15) is 6.92 Å². The van der Waals surface area contributed by atoms with Gasteiger partial charge in [0.1, 0.15) is 0 Å². The minimum absolute atomic E-state index is 0.0114. The summed E-state index contributed by atoms with van der Waals surface area (Å²) in [5, 5.41) is 9.44. The maximum Gasteiger partial charge on any atom is 0.170 e. The van der Waals surface area contributed by atoms with Crippen molar-refractivity contribution in [2.24, 2.45) is 7.05 Å². The van der Waals surface area contributed by atoms with E-state index in [1.165, 1.54) is 0 Å². The monoisotopic (exact) mass is 253 g/mol. The van der Waals surface area contributed by atoms with Crippen molar-refractivity contribution in [3.8, 4) is 0 Å². The number of halogens is 2. The molecule has 96 valence electrons. The molecule has 0 saturated heterocycles. The highest BCUT2D eigenvalue weighted by atomic mass is 19.1. The maximum atomic E-state index is 13.5. The Bertz CT molecular complexity index is 552. The van der Waals surface area contributed by atoms with Gasteiger partial charge in [-0.05, 0) is 6.92 Å². The fourth-order valence-electron chi connectivity index (χ4n) is 1.45. The fourth-order valence-corrected chi connectivity index (χ4v) is 1.45. The molecule has 0 atom stereocenters. The summed E-state index contributed by atoms with van der Waals surface area (Å²) in [7, 11) is 1.74. The van der Waals surface area contributed by atoms with E-state index in [1.54, 1.807) is 30.9 Å². The van der Waals surface area contributed by atoms with Crippen LogP contribution in [0.15, 0.2) is 18.3 Å². The van der Waals surface area contributed by atoms with Crippen molar-refractivity contribution in [1.29, 1.82) is 0 Å². The number of pyridine rings is 1. The molecule has 0 amide bonds. The highest BCUT2D eigenvalue weighted by Crippen LogP contribution is 2.21. The number of aryl methyl sites for hydroxylation is 1. The molecule has 0 fully saturated rings. The summed E-state index contributed by atoms with van der Waals surface area (Å²) >= 11 is 0. The van der Waals surface area contributed by atoms with Crippen LogP contribution in [-0.4, -0.2) is 21.3 Å². The summed E-state index contributed by atoms with van der Waals surface area (Å²) in [6.45, 7) is 2.30. The largest absolute Gasteiger partial charge is 0.368 e. The second kappa shape index (κ2) is 4.99. The van der Waals surface area contributed by atoms with Crippen LogP contribution in [0.5, 0.6) is 0 Å². The Morgan fingerprint density at radius 2 is 2.00 bits per heavy atom. The van der Waals surface area contributed by atoms with E-state index in [1.807, 2.05) is 0 Å². The van der Waals surface area contributed by atoms with E-state index in [9.17, 15) is 8.78 Å². The van der Waals surface area contributed by atoms with E-state index in [0.29, 0.717) is 12.4 Å². The van der Waals surface area contributed by atoms with Crippen molar-refractivity contribution >= 4 is 17.5 Å². The number of nitrogens with one attached hydrogen (secondary N) is 2. The summed E-state index contributed by atoms with van der Waals surface area (Å²) in [4.78, 5) is 3.84. The molecule has 0 aliphatic heterocycles. The van der Waals surface area contributed by atoms with Gasteiger partial charge in [0.15, 0.2) is 29.1 Å². The third kappa shape index (κ3) is 2.55. The lowest BCUT2D eigenvalue weighted by atomic mass is 10.4. The number of rotatable bonds is 4. The van der Waals surface area contributed by atoms with E-state index in [-0.39, 0.29) is 11.6 Å². The highest BCUT2D eigenvalue weighted by Gasteiger charge is 2.12. The summed E-state index contributed by atoms with van der Waals surface area (Å²) < 4.78 is 28.4. The Labute approximate surface area is 103 Å². The Hall–Kier alpha value is -2.18. The van der Waals surface area contributed by atoms with Gasteiger partial charge in [-0.25, -0.2) is 13.8 Å². The average Bonchev–Trinajstić information content (AvgIpc) is 2.71. The lowest BCUT2D eigenvalue weighted by Gasteiger charge is -2.08.